The molecule has 0 aliphatic heterocycles. The zero-order chi connectivity index (χ0) is 75.6. The first kappa shape index (κ1) is 106. The predicted molar refractivity (Wildman–Crippen MR) is 582 cm³/mol. The van der Waals surface area contributed by atoms with Crippen molar-refractivity contribution in [3.05, 3.63) is 81.9 Å². The molecule has 4 atom stereocenters. The van der Waals surface area contributed by atoms with Gasteiger partial charge in [-0.1, -0.05) is 35.3 Å². The molecule has 68 heteroatoms. The van der Waals surface area contributed by atoms with Crippen molar-refractivity contribution in [2.24, 2.45) is 11.8 Å². The highest BCUT2D eigenvalue weighted by Crippen LogP contribution is 2.37. The molecule has 2 unspecified atom stereocenters. The molecule has 0 bridgehead atoms. The Labute approximate surface area is 767 Å². The molecule has 2 aliphatic rings. The van der Waals surface area contributed by atoms with Crippen molar-refractivity contribution < 1.29 is 40.8 Å². The zero-order valence-corrected chi connectivity index (χ0v) is 96.6. The number of aromatic nitrogens is 2. The Hall–Kier alpha value is 8.14. The van der Waals surface area contributed by atoms with Crippen LogP contribution in [0.3, 0.4) is 0 Å². The van der Waals surface area contributed by atoms with E-state index < -0.39 is 37.5 Å². The maximum atomic E-state index is 13.1. The van der Waals surface area contributed by atoms with Crippen LogP contribution in [0.25, 0.3) is 0 Å². The van der Waals surface area contributed by atoms with Crippen molar-refractivity contribution in [3.63, 3.8) is 0 Å². The quantitative estimate of drug-likeness (QED) is 0.199. The summed E-state index contributed by atoms with van der Waals surface area (Å²) in [6.45, 7) is 0. The molecule has 0 N–H and O–H groups in total. The van der Waals surface area contributed by atoms with Crippen molar-refractivity contribution >= 4 is 541 Å². The molecule has 1 heterocycles. The normalized spacial score (nSPS) is 13.2. The van der Waals surface area contributed by atoms with Gasteiger partial charge >= 0.3 is 5.97 Å². The highest BCUT2D eigenvalue weighted by molar-refractivity contribution is 8.82. The number of benzene rings is 2. The van der Waals surface area contributed by atoms with Crippen molar-refractivity contribution in [3.8, 4) is 0 Å². The average molecular weight is 2480 g/mol. The maximum Gasteiger partial charge on any atom is 0.313 e. The molecule has 0 radical (unpaired) electrons. The first-order chi connectivity index (χ1) is 50.4. The lowest BCUT2D eigenvalue weighted by Crippen LogP contribution is -2.19. The van der Waals surface area contributed by atoms with Crippen LogP contribution in [-0.2, 0) is 525 Å². The van der Waals surface area contributed by atoms with Gasteiger partial charge in [0.05, 0.1) is 45.0 Å². The van der Waals surface area contributed by atoms with Crippen molar-refractivity contribution in [1.82, 2.24) is 9.97 Å². The molecular weight excluding hydrogens is 2440 g/mol. The van der Waals surface area contributed by atoms with Gasteiger partial charge < -0.3 is 4.74 Å². The molecule has 592 valence electrons. The molecule has 5 rings (SSSR count). The topological polar surface area (TPSA) is 172 Å². The average Bonchev–Trinajstić information content (AvgIpc) is 0.891. The number of ether oxygens (including phenoxy) is 1. The summed E-state index contributed by atoms with van der Waals surface area (Å²) in [5, 5.41) is 0.182. The molecule has 2 fully saturated rings. The smallest absolute Gasteiger partial charge is 0.313 e. The van der Waals surface area contributed by atoms with Crippen LogP contribution in [0.1, 0.15) is 80.0 Å². The number of hydrogen-bond acceptors (Lipinski definition) is 13. The summed E-state index contributed by atoms with van der Waals surface area (Å²) in [6.07, 6.45) is 11.5. The minimum absolute atomic E-state index is 0.0302. The predicted octanol–water partition coefficient (Wildman–Crippen LogP) is 5.82. The zero-order valence-electron chi connectivity index (χ0n) is 50.1. The number of nitrogens with zero attached hydrogens (tertiary/aromatic N) is 2. The number of sulfone groups is 2. The number of methoxy groups -OCH3 is 1. The van der Waals surface area contributed by atoms with E-state index in [2.05, 4.69) is 9.97 Å². The van der Waals surface area contributed by atoms with E-state index in [4.69, 9.17) is 50.3 Å². The molecule has 0 spiro atoms. The van der Waals surface area contributed by atoms with E-state index in [0.29, 0.717) is 55.3 Å². The Bertz CT molecular complexity index is 6290. The Balaban J connectivity index is 0.000000453. The van der Waals surface area contributed by atoms with E-state index in [1.54, 1.807) is 137 Å². The third kappa shape index (κ3) is 56.7. The molecule has 2 saturated carbocycles. The van der Waals surface area contributed by atoms with Crippen LogP contribution in [0.2, 0.25) is 10.0 Å². The Morgan fingerprint density at radius 3 is 0.933 bits per heavy atom. The van der Waals surface area contributed by atoms with E-state index in [0.717, 1.165) is 25.4 Å². The van der Waals surface area contributed by atoms with Crippen LogP contribution in [0.4, 0.5) is 0 Å². The molecule has 3 aromatic rings. The lowest BCUT2D eigenvalue weighted by atomic mass is 9.83. The maximum absolute atomic E-state index is 13.1. The van der Waals surface area contributed by atoms with E-state index >= 15 is 0 Å². The van der Waals surface area contributed by atoms with Crippen molar-refractivity contribution in [1.29, 1.82) is 0 Å². The first-order valence-electron chi connectivity index (χ1n) is 25.0. The van der Waals surface area contributed by atoms with E-state index in [9.17, 15) is 36.0 Å². The molecule has 11 nitrogen and oxygen atoms in total. The van der Waals surface area contributed by atoms with Gasteiger partial charge in [-0.05, 0) is 72.9 Å². The summed E-state index contributed by atoms with van der Waals surface area (Å²) in [5.41, 5.74) is 1.83. The number of carbonyl (C=O) groups is 4. The van der Waals surface area contributed by atoms with Gasteiger partial charge in [-0.15, -0.1) is 0 Å². The van der Waals surface area contributed by atoms with Crippen LogP contribution >= 0.6 is 23.2 Å². The number of ketones is 3. The fourth-order valence-electron chi connectivity index (χ4n) is 7.16. The monoisotopic (exact) mass is 2470 g/mol. The molecule has 104 heavy (non-hydrogen) atoms. The van der Waals surface area contributed by atoms with E-state index in [-0.39, 0.29) is 55.4 Å². The lowest BCUT2D eigenvalue weighted by Gasteiger charge is -2.20. The van der Waals surface area contributed by atoms with Gasteiger partial charge in [0.1, 0.15) is 17.3 Å². The Kier molecular flexibility index (Phi) is 73.3. The summed E-state index contributed by atoms with van der Waals surface area (Å²) in [4.78, 5) is 56.4. The second-order valence-electron chi connectivity index (χ2n) is 16.6. The van der Waals surface area contributed by atoms with Crippen molar-refractivity contribution in [2.45, 2.75) is 79.4 Å². The van der Waals surface area contributed by atoms with Crippen molar-refractivity contribution in [2.75, 3.05) is 19.6 Å². The summed E-state index contributed by atoms with van der Waals surface area (Å²) >= 11 is 21.9. The molecule has 1 aromatic heterocycles. The number of hydrogen-bond donors (Lipinski definition) is 0. The van der Waals surface area contributed by atoms with Gasteiger partial charge in [0, 0.05) is 538 Å². The first-order valence-corrected chi connectivity index (χ1v) is 98.9. The molecular formula is C36H40Cl2N2O9S55. The third-order valence-electron chi connectivity index (χ3n) is 10.6. The van der Waals surface area contributed by atoms with E-state index in [1.165, 1.54) is 49.3 Å². The van der Waals surface area contributed by atoms with Crippen LogP contribution < -0.4 is 0 Å². The van der Waals surface area contributed by atoms with Gasteiger partial charge in [0.15, 0.2) is 19.7 Å². The van der Waals surface area contributed by atoms with Crippen LogP contribution in [0, 0.1) is 11.8 Å². The Morgan fingerprint density at radius 2 is 0.712 bits per heavy atom. The highest BCUT2D eigenvalue weighted by Gasteiger charge is 2.32. The molecule has 2 aliphatic carbocycles. The second kappa shape index (κ2) is 71.7. The summed E-state index contributed by atoms with van der Waals surface area (Å²) < 4.78 is 51.7. The second-order valence-corrected chi connectivity index (χ2v) is 112. The van der Waals surface area contributed by atoms with Crippen LogP contribution in [0.5, 0.6) is 0 Å². The minimum Gasteiger partial charge on any atom is -0.469 e. The fraction of sp³-hybridized carbons (Fsp3) is 0.444. The van der Waals surface area contributed by atoms with Gasteiger partial charge in [0.25, 0.3) is 0 Å². The standard InChI is InChI=1S/C20H21ClN2O4S.C16H19ClO5S.S53/c1-28(26,27)20-5-3-14(10-18(20)21)17(9-13-2-4-16(24)8-13)19(25)11-15-12-22-6-7-23-15;1-22-16(19)13(8-10-3-5-12(18)7-10)11-4-6-15(14(17)9-11)23(2,20)21;1-3-5-7-9-11-13-15-17-19-21-23-25-27-29-31-33-35-37-39-41-43-45-47-49-51-53-52-50-48-46-44-42-40-38-36-34-32-30-28-26-24-22-20-18-16-14-12-10-8-6-4-2/h3,5-7,10,12-13,17H,2,4,8-9,11H2,1H3;4,6,9-10,13H,3,5,7-8H2,1-2H3;/t13?,17-;10?,13-;/m11./s1. The fourth-order valence-corrected chi connectivity index (χ4v) is 144. The van der Waals surface area contributed by atoms with Gasteiger partial charge in [-0.3, -0.25) is 29.1 Å². The van der Waals surface area contributed by atoms with Gasteiger partial charge in [-0.2, -0.15) is 0 Å². The number of halogens is 2. The SMILES string of the molecule is COC(=O)[C@H](CC1CCC(=O)C1)c1ccc(S(C)(=O)=O)c(Cl)c1.CS(=O)(=O)c1ccc([C@@H](CC2CCC(=O)C2)C(=O)Cc2cnccn2)cc1Cl.S=S=S=S=S=S=S=S=S=S=S=S=S=S=S=S=S=S=S=S=S=S=S=S=S=S=S=S=S=S=S=S=S=S=S=S=S=S=S=S=S=S=S=S=S=S=S=S=S=S=S=S=S. The highest BCUT2D eigenvalue weighted by atomic mass is 35.5. The van der Waals surface area contributed by atoms with Gasteiger partial charge in [-0.25, -0.2) is 16.8 Å². The number of carbonyl (C=O) groups excluding carboxylic acids is 4. The number of esters is 1. The van der Waals surface area contributed by atoms with E-state index in [1.807, 2.05) is 329 Å². The lowest BCUT2D eigenvalue weighted by molar-refractivity contribution is -0.143. The summed E-state index contributed by atoms with van der Waals surface area (Å²) in [5.74, 6) is -0.794. The number of rotatable bonds is 12. The van der Waals surface area contributed by atoms with Crippen LogP contribution in [-0.4, -0.2) is 69.7 Å². The minimum atomic E-state index is -3.45. The van der Waals surface area contributed by atoms with Gasteiger partial charge in [0.2, 0.25) is 0 Å². The largest absolute Gasteiger partial charge is 0.469 e. The molecule has 0 amide bonds. The molecule has 2 aromatic carbocycles. The summed E-state index contributed by atoms with van der Waals surface area (Å²) in [7, 11) is 85.6. The third-order valence-corrected chi connectivity index (χ3v) is 125. The summed E-state index contributed by atoms with van der Waals surface area (Å²) in [6, 6.07) is 9.11. The number of Topliss-reactive ketones (excluding diaryl/α,β-unsaturated/α-hetero) is 3. The molecule has 0 saturated heterocycles. The van der Waals surface area contributed by atoms with Crippen LogP contribution in [0.15, 0.2) is 64.8 Å². The Morgan fingerprint density at radius 1 is 0.442 bits per heavy atom.